The smallest absolute Gasteiger partial charge is 0.138 e. The number of ether oxygens (including phenoxy) is 2. The van der Waals surface area contributed by atoms with Crippen LogP contribution in [0.2, 0.25) is 6.04 Å². The standard InChI is InChI=1S/C25H34O2Si2/c1-2-28(24-17-9-11-19-26-24)21-25(18-10-12-20-27-25)29(22-13-5-3-6-14-22)23-15-7-4-8-16-23/h2-8,13-16,24,28-29H,1,9-12,17-21H2. The Hall–Kier alpha value is -1.47. The van der Waals surface area contributed by atoms with Crippen molar-refractivity contribution in [1.82, 2.24) is 0 Å². The Bertz CT molecular complexity index is 713. The molecule has 0 N–H and O–H groups in total. The lowest BCUT2D eigenvalue weighted by molar-refractivity contribution is -0.0105. The molecule has 2 saturated heterocycles. The fourth-order valence-corrected chi connectivity index (χ4v) is 13.6. The van der Waals surface area contributed by atoms with Crippen LogP contribution in [-0.4, -0.2) is 41.8 Å². The summed E-state index contributed by atoms with van der Waals surface area (Å²) in [6.07, 6.45) is 7.36. The Morgan fingerprint density at radius 2 is 1.55 bits per heavy atom. The van der Waals surface area contributed by atoms with E-state index in [0.717, 1.165) is 13.2 Å². The van der Waals surface area contributed by atoms with Crippen LogP contribution in [0.25, 0.3) is 0 Å². The summed E-state index contributed by atoms with van der Waals surface area (Å²) in [7, 11) is -2.87. The maximum Gasteiger partial charge on any atom is 0.138 e. The van der Waals surface area contributed by atoms with E-state index < -0.39 is 17.6 Å². The van der Waals surface area contributed by atoms with Crippen molar-refractivity contribution >= 4 is 28.0 Å². The highest BCUT2D eigenvalue weighted by atomic mass is 28.3. The third-order valence-corrected chi connectivity index (χ3v) is 14.3. The van der Waals surface area contributed by atoms with Gasteiger partial charge in [-0.3, -0.25) is 0 Å². The molecule has 4 heteroatoms. The van der Waals surface area contributed by atoms with E-state index in [9.17, 15) is 0 Å². The van der Waals surface area contributed by atoms with E-state index in [1.165, 1.54) is 54.9 Å². The van der Waals surface area contributed by atoms with Gasteiger partial charge in [0, 0.05) is 18.9 Å². The van der Waals surface area contributed by atoms with E-state index in [4.69, 9.17) is 9.47 Å². The van der Waals surface area contributed by atoms with Crippen LogP contribution in [0.5, 0.6) is 0 Å². The van der Waals surface area contributed by atoms with Crippen molar-refractivity contribution < 1.29 is 9.47 Å². The van der Waals surface area contributed by atoms with E-state index in [1.807, 2.05) is 0 Å². The molecule has 2 fully saturated rings. The van der Waals surface area contributed by atoms with Crippen LogP contribution in [0.1, 0.15) is 38.5 Å². The lowest BCUT2D eigenvalue weighted by Gasteiger charge is -2.46. The first-order valence-electron chi connectivity index (χ1n) is 11.3. The Kier molecular flexibility index (Phi) is 7.19. The van der Waals surface area contributed by atoms with Gasteiger partial charge in [-0.25, -0.2) is 0 Å². The normalized spacial score (nSPS) is 26.2. The molecule has 0 radical (unpaired) electrons. The summed E-state index contributed by atoms with van der Waals surface area (Å²) in [6.45, 7) is 6.10. The van der Waals surface area contributed by atoms with Crippen LogP contribution < -0.4 is 10.4 Å². The van der Waals surface area contributed by atoms with Gasteiger partial charge in [0.05, 0.1) is 14.0 Å². The Morgan fingerprint density at radius 3 is 2.07 bits per heavy atom. The van der Waals surface area contributed by atoms with Crippen molar-refractivity contribution in [1.29, 1.82) is 0 Å². The number of hydrogen-bond donors (Lipinski definition) is 0. The second kappa shape index (κ2) is 10.0. The first-order valence-corrected chi connectivity index (χ1v) is 15.2. The van der Waals surface area contributed by atoms with Crippen LogP contribution in [0.3, 0.4) is 0 Å². The van der Waals surface area contributed by atoms with E-state index in [-0.39, 0.29) is 5.22 Å². The van der Waals surface area contributed by atoms with Gasteiger partial charge >= 0.3 is 0 Å². The van der Waals surface area contributed by atoms with Gasteiger partial charge in [-0.2, -0.15) is 0 Å². The molecule has 0 bridgehead atoms. The lowest BCUT2D eigenvalue weighted by Crippen LogP contribution is -2.64. The molecule has 4 rings (SSSR count). The molecule has 29 heavy (non-hydrogen) atoms. The minimum Gasteiger partial charge on any atom is -0.382 e. The Labute approximate surface area is 179 Å². The summed E-state index contributed by atoms with van der Waals surface area (Å²) in [6, 6.07) is 23.6. The van der Waals surface area contributed by atoms with Crippen molar-refractivity contribution in [2.75, 3.05) is 13.2 Å². The highest BCUT2D eigenvalue weighted by molar-refractivity contribution is 6.88. The van der Waals surface area contributed by atoms with Crippen LogP contribution in [0.15, 0.2) is 72.9 Å². The molecule has 2 nitrogen and oxygen atoms in total. The van der Waals surface area contributed by atoms with Crippen molar-refractivity contribution in [3.63, 3.8) is 0 Å². The molecule has 3 unspecified atom stereocenters. The Balaban J connectivity index is 1.73. The molecule has 0 amide bonds. The van der Waals surface area contributed by atoms with E-state index in [1.54, 1.807) is 0 Å². The summed E-state index contributed by atoms with van der Waals surface area (Å²) in [5.74, 6) is 0. The molecule has 2 aromatic carbocycles. The first-order chi connectivity index (χ1) is 14.3. The predicted octanol–water partition coefficient (Wildman–Crippen LogP) is 3.57. The van der Waals surface area contributed by atoms with E-state index >= 15 is 0 Å². The summed E-state index contributed by atoms with van der Waals surface area (Å²) in [5.41, 5.74) is 2.72. The fourth-order valence-electron chi connectivity index (χ4n) is 5.34. The van der Waals surface area contributed by atoms with Crippen molar-refractivity contribution in [3.05, 3.63) is 72.9 Å². The predicted molar refractivity (Wildman–Crippen MR) is 128 cm³/mol. The molecule has 2 aliphatic rings. The quantitative estimate of drug-likeness (QED) is 0.635. The third kappa shape index (κ3) is 4.82. The van der Waals surface area contributed by atoms with Crippen LogP contribution >= 0.6 is 0 Å². The molecule has 2 heterocycles. The molecular formula is C25H34O2Si2. The van der Waals surface area contributed by atoms with Crippen molar-refractivity contribution in [2.24, 2.45) is 0 Å². The highest BCUT2D eigenvalue weighted by Crippen LogP contribution is 2.35. The summed E-state index contributed by atoms with van der Waals surface area (Å²) >= 11 is 0. The third-order valence-electron chi connectivity index (χ3n) is 6.75. The molecule has 0 aromatic heterocycles. The van der Waals surface area contributed by atoms with Gasteiger partial charge in [0.2, 0.25) is 0 Å². The molecule has 2 aliphatic heterocycles. The second-order valence-corrected chi connectivity index (χ2v) is 14.8. The zero-order valence-electron chi connectivity index (χ0n) is 17.5. The average Bonchev–Trinajstić information content (AvgIpc) is 2.80. The van der Waals surface area contributed by atoms with Crippen molar-refractivity contribution in [3.8, 4) is 0 Å². The number of benzene rings is 2. The molecule has 0 aliphatic carbocycles. The van der Waals surface area contributed by atoms with Gasteiger partial charge in [0.15, 0.2) is 0 Å². The largest absolute Gasteiger partial charge is 0.382 e. The molecule has 3 atom stereocenters. The van der Waals surface area contributed by atoms with E-state index in [0.29, 0.717) is 5.73 Å². The minimum atomic E-state index is -1.58. The van der Waals surface area contributed by atoms with Crippen LogP contribution in [0.4, 0.5) is 0 Å². The van der Waals surface area contributed by atoms with E-state index in [2.05, 4.69) is 72.9 Å². The molecule has 154 valence electrons. The maximum atomic E-state index is 6.85. The SMILES string of the molecule is C=C[SiH](CC1([SiH](c2ccccc2)c2ccccc2)CCCCO1)C1CCCCO1. The maximum absolute atomic E-state index is 6.85. The summed E-state index contributed by atoms with van der Waals surface area (Å²) < 4.78 is 13.1. The van der Waals surface area contributed by atoms with Crippen LogP contribution in [0, 0.1) is 0 Å². The topological polar surface area (TPSA) is 18.5 Å². The molecule has 0 saturated carbocycles. The zero-order valence-corrected chi connectivity index (χ0v) is 19.8. The van der Waals surface area contributed by atoms with Gasteiger partial charge in [-0.05, 0) is 44.6 Å². The molecule has 2 aromatic rings. The number of rotatable bonds is 7. The van der Waals surface area contributed by atoms with Gasteiger partial charge in [0.1, 0.15) is 8.80 Å². The summed E-state index contributed by atoms with van der Waals surface area (Å²) in [4.78, 5) is 0. The second-order valence-electron chi connectivity index (χ2n) is 8.63. The Morgan fingerprint density at radius 1 is 0.897 bits per heavy atom. The fraction of sp³-hybridized carbons (Fsp3) is 0.440. The zero-order chi connectivity index (χ0) is 19.9. The minimum absolute atomic E-state index is 0.0210. The van der Waals surface area contributed by atoms with Gasteiger partial charge in [-0.15, -0.1) is 12.3 Å². The van der Waals surface area contributed by atoms with Gasteiger partial charge in [-0.1, -0.05) is 71.0 Å². The van der Waals surface area contributed by atoms with Gasteiger partial charge in [0.25, 0.3) is 0 Å². The first kappa shape index (κ1) is 20.8. The molecular weight excluding hydrogens is 388 g/mol. The highest BCUT2D eigenvalue weighted by Gasteiger charge is 2.46. The monoisotopic (exact) mass is 422 g/mol. The van der Waals surface area contributed by atoms with Crippen LogP contribution in [-0.2, 0) is 9.47 Å². The molecule has 0 spiro atoms. The summed E-state index contributed by atoms with van der Waals surface area (Å²) in [5, 5.41) is 2.98. The van der Waals surface area contributed by atoms with Gasteiger partial charge < -0.3 is 9.47 Å². The average molecular weight is 423 g/mol. The number of hydrogen-bond acceptors (Lipinski definition) is 2. The lowest BCUT2D eigenvalue weighted by atomic mass is 10.1. The van der Waals surface area contributed by atoms with Crippen molar-refractivity contribution in [2.45, 2.75) is 55.5 Å².